The van der Waals surface area contributed by atoms with Crippen molar-refractivity contribution in [1.29, 1.82) is 0 Å². The van der Waals surface area contributed by atoms with E-state index in [0.717, 1.165) is 0 Å². The van der Waals surface area contributed by atoms with E-state index in [9.17, 15) is 50.2 Å². The van der Waals surface area contributed by atoms with Gasteiger partial charge in [0, 0.05) is 60.3 Å². The Bertz CT molecular complexity index is 2460. The first kappa shape index (κ1) is 46.1. The quantitative estimate of drug-likeness (QED) is 0.0370. The van der Waals surface area contributed by atoms with Gasteiger partial charge >= 0.3 is 11.9 Å². The summed E-state index contributed by atoms with van der Waals surface area (Å²) < 4.78 is 80.3. The van der Waals surface area contributed by atoms with Crippen LogP contribution in [0.4, 0.5) is 11.4 Å². The van der Waals surface area contributed by atoms with Crippen LogP contribution in [-0.2, 0) is 59.7 Å². The minimum Gasteiger partial charge on any atom is -0.506 e. The molecule has 60 heavy (non-hydrogen) atoms. The highest BCUT2D eigenvalue weighted by Crippen LogP contribution is 2.50. The van der Waals surface area contributed by atoms with Crippen molar-refractivity contribution in [2.24, 2.45) is 0 Å². The number of Topliss-reactive ketones (excluding diaryl/α,β-unsaturated/α-hetero) is 2. The summed E-state index contributed by atoms with van der Waals surface area (Å²) in [6, 6.07) is 8.36. The average Bonchev–Trinajstić information content (AvgIpc) is 3.60. The summed E-state index contributed by atoms with van der Waals surface area (Å²) in [6.45, 7) is 11.9. The fourth-order valence-electron chi connectivity index (χ4n) is 8.08. The van der Waals surface area contributed by atoms with Gasteiger partial charge in [0.2, 0.25) is 17.3 Å². The van der Waals surface area contributed by atoms with Gasteiger partial charge in [-0.3, -0.25) is 28.3 Å². The van der Waals surface area contributed by atoms with Crippen LogP contribution in [0.15, 0.2) is 80.9 Å². The first-order valence-electron chi connectivity index (χ1n) is 20.0. The van der Waals surface area contributed by atoms with Crippen molar-refractivity contribution in [3.05, 3.63) is 82.3 Å². The lowest BCUT2D eigenvalue weighted by Crippen LogP contribution is -2.29. The molecule has 0 aromatic heterocycles. The summed E-state index contributed by atoms with van der Waals surface area (Å²) in [5.74, 6) is -3.14. The lowest BCUT2D eigenvalue weighted by atomic mass is 9.81. The monoisotopic (exact) mass is 869 g/mol. The topological polar surface area (TPSA) is 222 Å². The smallest absolute Gasteiger partial charge is 0.305 e. The Labute approximate surface area is 351 Å². The summed E-state index contributed by atoms with van der Waals surface area (Å²) in [6.07, 6.45) is 6.84. The van der Waals surface area contributed by atoms with Gasteiger partial charge in [-0.15, -0.1) is 0 Å². The van der Waals surface area contributed by atoms with Crippen LogP contribution in [0.25, 0.3) is 0 Å². The number of benzene rings is 2. The minimum atomic E-state index is -4.58. The second-order valence-corrected chi connectivity index (χ2v) is 18.8. The van der Waals surface area contributed by atoms with E-state index in [-0.39, 0.29) is 58.9 Å². The van der Waals surface area contributed by atoms with Gasteiger partial charge in [0.1, 0.15) is 12.3 Å². The van der Waals surface area contributed by atoms with Crippen molar-refractivity contribution in [2.45, 2.75) is 114 Å². The number of fused-ring (bicyclic) bond motifs is 2. The molecule has 0 saturated carbocycles. The van der Waals surface area contributed by atoms with Gasteiger partial charge in [-0.2, -0.15) is 21.4 Å². The fourth-order valence-corrected chi connectivity index (χ4v) is 9.09. The molecule has 2 aliphatic heterocycles. The molecule has 2 heterocycles. The Morgan fingerprint density at radius 3 is 1.85 bits per heavy atom. The molecule has 3 N–H and O–H groups in total. The van der Waals surface area contributed by atoms with Gasteiger partial charge in [0.25, 0.3) is 20.2 Å². The Kier molecular flexibility index (Phi) is 13.8. The highest BCUT2D eigenvalue weighted by Gasteiger charge is 2.48. The van der Waals surface area contributed by atoms with E-state index in [1.807, 2.05) is 9.48 Å². The molecule has 5 rings (SSSR count). The molecule has 17 heteroatoms. The molecular weight excluding hydrogens is 817 g/mol. The van der Waals surface area contributed by atoms with E-state index in [0.29, 0.717) is 85.5 Å². The molecule has 15 nitrogen and oxygen atoms in total. The van der Waals surface area contributed by atoms with Crippen molar-refractivity contribution < 1.29 is 64.3 Å². The van der Waals surface area contributed by atoms with Crippen molar-refractivity contribution in [3.63, 3.8) is 0 Å². The highest BCUT2D eigenvalue weighted by molar-refractivity contribution is 7.86. The number of allylic oxidation sites excluding steroid dienone is 5. The lowest BCUT2D eigenvalue weighted by Gasteiger charge is -2.27. The second kappa shape index (κ2) is 17.9. The normalized spacial score (nSPS) is 18.5. The Balaban J connectivity index is 1.57. The molecule has 1 aliphatic carbocycles. The van der Waals surface area contributed by atoms with Crippen LogP contribution >= 0.6 is 0 Å². The number of nitrogens with zero attached hydrogens (tertiary/aromatic N) is 2. The SMILES string of the molecule is CCOC(=O)CCCCCN1/C(=C/C2=C(O)C(=C\C3=[N+](CCCCCC(=O)OCC)c4ccc(S(=O)(=O)O)cc4C3(C)C)/C(=O)C2=O)C(C)(C)c2cc(S(=O)(=O)O)ccc21. The van der Waals surface area contributed by atoms with Gasteiger partial charge in [0.05, 0.1) is 39.6 Å². The van der Waals surface area contributed by atoms with Crippen LogP contribution in [0.2, 0.25) is 0 Å². The standard InChI is InChI=1S/C43H52N2O13S2/c1-7-57-37(46)15-11-9-13-21-44-33-19-17-27(59(51,52)53)23-31(33)42(3,4)35(44)25-29-39(48)30(41(50)40(29)49)26-36-43(5,6)32-24-28(60(54,55)56)18-20-34(32)45(36)22-14-10-12-16-38(47)58-8-2/h17-20,23-26H,7-16,21-22H2,1-6H3,(H2-,48,49,50,51,52,53,54,55,56)/p+1. The molecule has 0 amide bonds. The van der Waals surface area contributed by atoms with E-state index in [1.165, 1.54) is 36.4 Å². The molecule has 0 spiro atoms. The zero-order valence-corrected chi connectivity index (χ0v) is 36.4. The summed E-state index contributed by atoms with van der Waals surface area (Å²) in [5.41, 5.74) is 0.628. The fraction of sp³-hybridized carbons (Fsp3) is 0.465. The molecule has 3 aliphatic rings. The van der Waals surface area contributed by atoms with Gasteiger partial charge in [0.15, 0.2) is 5.71 Å². The van der Waals surface area contributed by atoms with Crippen LogP contribution in [0.3, 0.4) is 0 Å². The Morgan fingerprint density at radius 2 is 1.28 bits per heavy atom. The zero-order chi connectivity index (χ0) is 44.4. The number of hydrogen-bond donors (Lipinski definition) is 3. The highest BCUT2D eigenvalue weighted by atomic mass is 32.2. The number of rotatable bonds is 18. The van der Waals surface area contributed by atoms with E-state index in [2.05, 4.69) is 0 Å². The molecule has 2 aromatic rings. The van der Waals surface area contributed by atoms with Crippen molar-refractivity contribution in [2.75, 3.05) is 31.2 Å². The molecule has 0 fully saturated rings. The molecule has 0 radical (unpaired) electrons. The van der Waals surface area contributed by atoms with Gasteiger partial charge in [-0.05, 0) is 95.3 Å². The maximum Gasteiger partial charge on any atom is 0.305 e. The number of aliphatic hydroxyl groups excluding tert-OH is 1. The number of anilines is 1. The summed E-state index contributed by atoms with van der Waals surface area (Å²) in [4.78, 5) is 52.8. The van der Waals surface area contributed by atoms with E-state index in [4.69, 9.17) is 9.47 Å². The van der Waals surface area contributed by atoms with Gasteiger partial charge in [-0.1, -0.05) is 20.3 Å². The molecule has 2 aromatic carbocycles. The first-order chi connectivity index (χ1) is 28.0. The molecule has 0 unspecified atom stereocenters. The number of carbonyl (C=O) groups is 4. The Morgan fingerprint density at radius 1 is 0.733 bits per heavy atom. The summed E-state index contributed by atoms with van der Waals surface area (Å²) in [5, 5.41) is 11.8. The maximum atomic E-state index is 13.9. The van der Waals surface area contributed by atoms with Crippen LogP contribution in [-0.4, -0.2) is 91.1 Å². The number of ether oxygens (including phenoxy) is 2. The average molecular weight is 870 g/mol. The predicted octanol–water partition coefficient (Wildman–Crippen LogP) is 6.38. The van der Waals surface area contributed by atoms with Crippen LogP contribution < -0.4 is 4.90 Å². The third kappa shape index (κ3) is 9.48. The molecule has 0 atom stereocenters. The lowest BCUT2D eigenvalue weighted by molar-refractivity contribution is -0.438. The van der Waals surface area contributed by atoms with Crippen molar-refractivity contribution >= 4 is 60.8 Å². The molecule has 324 valence electrons. The number of ketones is 2. The second-order valence-electron chi connectivity index (χ2n) is 16.0. The van der Waals surface area contributed by atoms with E-state index < -0.39 is 48.4 Å². The molecule has 0 saturated heterocycles. The molecule has 0 bridgehead atoms. The Hall–Kier alpha value is -4.97. The summed E-state index contributed by atoms with van der Waals surface area (Å²) in [7, 11) is -9.15. The first-order valence-corrected chi connectivity index (χ1v) is 22.9. The maximum absolute atomic E-state index is 13.9. The van der Waals surface area contributed by atoms with Crippen LogP contribution in [0.5, 0.6) is 0 Å². The van der Waals surface area contributed by atoms with Crippen molar-refractivity contribution in [3.8, 4) is 0 Å². The number of hydrogen-bond acceptors (Lipinski definition) is 12. The number of esters is 2. The zero-order valence-electron chi connectivity index (χ0n) is 34.7. The molecular formula is C43H53N2O13S2+. The van der Waals surface area contributed by atoms with Crippen LogP contribution in [0, 0.1) is 0 Å². The van der Waals surface area contributed by atoms with E-state index >= 15 is 0 Å². The van der Waals surface area contributed by atoms with Crippen LogP contribution in [0.1, 0.15) is 104 Å². The largest absolute Gasteiger partial charge is 0.506 e. The number of carbonyl (C=O) groups excluding carboxylic acids is 4. The third-order valence-electron chi connectivity index (χ3n) is 11.2. The van der Waals surface area contributed by atoms with Gasteiger partial charge < -0.3 is 19.5 Å². The summed E-state index contributed by atoms with van der Waals surface area (Å²) >= 11 is 0. The predicted molar refractivity (Wildman–Crippen MR) is 222 cm³/mol. The van der Waals surface area contributed by atoms with Crippen molar-refractivity contribution in [1.82, 2.24) is 0 Å². The van der Waals surface area contributed by atoms with Gasteiger partial charge in [-0.25, -0.2) is 0 Å². The third-order valence-corrected chi connectivity index (χ3v) is 12.9. The van der Waals surface area contributed by atoms with E-state index in [1.54, 1.807) is 53.7 Å². The number of unbranched alkanes of at least 4 members (excludes halogenated alkanes) is 4. The minimum absolute atomic E-state index is 0.234. The number of aliphatic hydroxyl groups is 1.